The summed E-state index contributed by atoms with van der Waals surface area (Å²) in [4.78, 5) is 26.1. The zero-order valence-corrected chi connectivity index (χ0v) is 12.6. The van der Waals surface area contributed by atoms with E-state index in [1.54, 1.807) is 36.6 Å². The maximum absolute atomic E-state index is 12.2. The van der Waals surface area contributed by atoms with Gasteiger partial charge in [-0.2, -0.15) is 0 Å². The molecule has 0 unspecified atom stereocenters. The molecule has 1 aromatic carbocycles. The maximum Gasteiger partial charge on any atom is 0.337 e. The monoisotopic (exact) mass is 303 g/mol. The molecule has 0 saturated carbocycles. The number of nitrogens with zero attached hydrogens (tertiary/aromatic N) is 1. The van der Waals surface area contributed by atoms with E-state index in [1.807, 2.05) is 11.4 Å². The van der Waals surface area contributed by atoms with Gasteiger partial charge in [-0.05, 0) is 36.4 Å². The van der Waals surface area contributed by atoms with E-state index >= 15 is 0 Å². The van der Waals surface area contributed by atoms with E-state index in [2.05, 4.69) is 6.07 Å². The second kappa shape index (κ2) is 7.04. The summed E-state index contributed by atoms with van der Waals surface area (Å²) in [6, 6.07) is 10.6. The summed E-state index contributed by atoms with van der Waals surface area (Å²) in [6.45, 7) is 0. The molecule has 0 aliphatic heterocycles. The predicted octanol–water partition coefficient (Wildman–Crippen LogP) is 3.43. The fourth-order valence-electron chi connectivity index (χ4n) is 2.12. The van der Waals surface area contributed by atoms with Gasteiger partial charge in [0.15, 0.2) is 0 Å². The van der Waals surface area contributed by atoms with Crippen LogP contribution in [-0.4, -0.2) is 24.0 Å². The fourth-order valence-corrected chi connectivity index (χ4v) is 2.87. The summed E-state index contributed by atoms with van der Waals surface area (Å²) >= 11 is 1.68. The molecular weight excluding hydrogens is 286 g/mol. The van der Waals surface area contributed by atoms with Gasteiger partial charge in [-0.25, -0.2) is 4.79 Å². The number of hydrogen-bond donors (Lipinski definition) is 1. The van der Waals surface area contributed by atoms with Crippen LogP contribution in [0.2, 0.25) is 0 Å². The first-order valence-corrected chi connectivity index (χ1v) is 7.59. The Bertz CT molecular complexity index is 622. The van der Waals surface area contributed by atoms with E-state index in [0.717, 1.165) is 12.8 Å². The molecule has 1 N–H and O–H groups in total. The first-order valence-electron chi connectivity index (χ1n) is 6.71. The number of anilines is 1. The molecule has 4 nitrogen and oxygen atoms in total. The molecule has 2 aromatic rings. The molecule has 0 saturated heterocycles. The van der Waals surface area contributed by atoms with Crippen LogP contribution in [0.3, 0.4) is 0 Å². The minimum Gasteiger partial charge on any atom is -0.478 e. The molecule has 110 valence electrons. The van der Waals surface area contributed by atoms with Crippen LogP contribution in [0, 0.1) is 0 Å². The van der Waals surface area contributed by atoms with Gasteiger partial charge in [-0.3, -0.25) is 4.79 Å². The minimum absolute atomic E-state index is 0.0692. The number of rotatable bonds is 6. The van der Waals surface area contributed by atoms with E-state index < -0.39 is 5.97 Å². The van der Waals surface area contributed by atoms with E-state index in [0.29, 0.717) is 12.1 Å². The molecule has 0 radical (unpaired) electrons. The van der Waals surface area contributed by atoms with Crippen molar-refractivity contribution < 1.29 is 14.7 Å². The molecule has 2 rings (SSSR count). The van der Waals surface area contributed by atoms with Crippen molar-refractivity contribution in [3.8, 4) is 0 Å². The largest absolute Gasteiger partial charge is 0.478 e. The zero-order chi connectivity index (χ0) is 15.2. The van der Waals surface area contributed by atoms with E-state index in [4.69, 9.17) is 5.11 Å². The standard InChI is InChI=1S/C16H17NO3S/c1-17(14-9-3-2-8-13(14)16(19)20)15(18)10-4-6-12-7-5-11-21-12/h2-3,5,7-9,11H,4,6,10H2,1H3,(H,19,20). The number of hydrogen-bond acceptors (Lipinski definition) is 3. The quantitative estimate of drug-likeness (QED) is 0.889. The predicted molar refractivity (Wildman–Crippen MR) is 84.1 cm³/mol. The van der Waals surface area contributed by atoms with Crippen molar-refractivity contribution in [2.24, 2.45) is 0 Å². The van der Waals surface area contributed by atoms with Crippen LogP contribution in [0.4, 0.5) is 5.69 Å². The summed E-state index contributed by atoms with van der Waals surface area (Å²) in [5, 5.41) is 11.2. The van der Waals surface area contributed by atoms with Crippen LogP contribution in [0.1, 0.15) is 28.1 Å². The van der Waals surface area contributed by atoms with Crippen LogP contribution in [-0.2, 0) is 11.2 Å². The maximum atomic E-state index is 12.2. The lowest BCUT2D eigenvalue weighted by Crippen LogP contribution is -2.27. The molecule has 0 aliphatic rings. The average molecular weight is 303 g/mol. The minimum atomic E-state index is -1.02. The van der Waals surface area contributed by atoms with Crippen molar-refractivity contribution in [3.63, 3.8) is 0 Å². The summed E-state index contributed by atoms with van der Waals surface area (Å²) in [7, 11) is 1.62. The molecule has 0 aliphatic carbocycles. The van der Waals surface area contributed by atoms with Crippen LogP contribution < -0.4 is 4.90 Å². The average Bonchev–Trinajstić information content (AvgIpc) is 2.99. The number of thiophene rings is 1. The Morgan fingerprint density at radius 3 is 2.62 bits per heavy atom. The van der Waals surface area contributed by atoms with Gasteiger partial charge in [0.2, 0.25) is 5.91 Å². The molecule has 0 fully saturated rings. The Morgan fingerprint density at radius 2 is 1.95 bits per heavy atom. The topological polar surface area (TPSA) is 57.6 Å². The fraction of sp³-hybridized carbons (Fsp3) is 0.250. The van der Waals surface area contributed by atoms with Gasteiger partial charge in [0, 0.05) is 18.3 Å². The molecule has 1 aromatic heterocycles. The van der Waals surface area contributed by atoms with Crippen molar-refractivity contribution in [1.82, 2.24) is 0 Å². The lowest BCUT2D eigenvalue weighted by atomic mass is 10.1. The van der Waals surface area contributed by atoms with Gasteiger partial charge in [0.05, 0.1) is 11.3 Å². The van der Waals surface area contributed by atoms with Gasteiger partial charge in [-0.1, -0.05) is 18.2 Å². The van der Waals surface area contributed by atoms with Crippen LogP contribution in [0.15, 0.2) is 41.8 Å². The number of carboxylic acids is 1. The summed E-state index contributed by atoms with van der Waals surface area (Å²) in [5.74, 6) is -1.09. The number of benzene rings is 1. The first kappa shape index (κ1) is 15.3. The van der Waals surface area contributed by atoms with E-state index in [9.17, 15) is 9.59 Å². The second-order valence-corrected chi connectivity index (χ2v) is 5.74. The van der Waals surface area contributed by atoms with Crippen molar-refractivity contribution in [2.45, 2.75) is 19.3 Å². The van der Waals surface area contributed by atoms with E-state index in [-0.39, 0.29) is 11.5 Å². The van der Waals surface area contributed by atoms with Crippen molar-refractivity contribution in [3.05, 3.63) is 52.2 Å². The molecule has 21 heavy (non-hydrogen) atoms. The lowest BCUT2D eigenvalue weighted by molar-refractivity contribution is -0.118. The summed E-state index contributed by atoms with van der Waals surface area (Å²) < 4.78 is 0. The molecule has 5 heteroatoms. The van der Waals surface area contributed by atoms with Crippen LogP contribution in [0.5, 0.6) is 0 Å². The summed E-state index contributed by atoms with van der Waals surface area (Å²) in [6.07, 6.45) is 2.04. The summed E-state index contributed by atoms with van der Waals surface area (Å²) in [5.41, 5.74) is 0.581. The number of aromatic carboxylic acids is 1. The number of carboxylic acid groups (broad SMARTS) is 1. The third-order valence-corrected chi connectivity index (χ3v) is 4.20. The number of carbonyl (C=O) groups excluding carboxylic acids is 1. The third-order valence-electron chi connectivity index (χ3n) is 3.26. The van der Waals surface area contributed by atoms with Gasteiger partial charge < -0.3 is 10.0 Å². The molecule has 1 heterocycles. The Kier molecular flexibility index (Phi) is 5.11. The van der Waals surface area contributed by atoms with Crippen molar-refractivity contribution in [1.29, 1.82) is 0 Å². The lowest BCUT2D eigenvalue weighted by Gasteiger charge is -2.19. The van der Waals surface area contributed by atoms with Crippen molar-refractivity contribution in [2.75, 3.05) is 11.9 Å². The Morgan fingerprint density at radius 1 is 1.19 bits per heavy atom. The highest BCUT2D eigenvalue weighted by atomic mass is 32.1. The van der Waals surface area contributed by atoms with Gasteiger partial charge in [-0.15, -0.1) is 11.3 Å². The van der Waals surface area contributed by atoms with Gasteiger partial charge in [0.25, 0.3) is 0 Å². The highest BCUT2D eigenvalue weighted by Crippen LogP contribution is 2.20. The molecule has 0 spiro atoms. The van der Waals surface area contributed by atoms with Gasteiger partial charge >= 0.3 is 5.97 Å². The zero-order valence-electron chi connectivity index (χ0n) is 11.8. The number of aryl methyl sites for hydroxylation is 1. The highest BCUT2D eigenvalue weighted by molar-refractivity contribution is 7.09. The van der Waals surface area contributed by atoms with E-state index in [1.165, 1.54) is 15.8 Å². The molecule has 1 amide bonds. The molecule has 0 atom stereocenters. The Balaban J connectivity index is 1.97. The Hall–Kier alpha value is -2.14. The molecule has 0 bridgehead atoms. The van der Waals surface area contributed by atoms with Crippen LogP contribution >= 0.6 is 11.3 Å². The number of para-hydroxylation sites is 1. The normalized spacial score (nSPS) is 10.3. The smallest absolute Gasteiger partial charge is 0.337 e. The van der Waals surface area contributed by atoms with Gasteiger partial charge in [0.1, 0.15) is 0 Å². The Labute approximate surface area is 127 Å². The number of carbonyl (C=O) groups is 2. The third kappa shape index (κ3) is 3.92. The second-order valence-electron chi connectivity index (χ2n) is 4.71. The highest BCUT2D eigenvalue weighted by Gasteiger charge is 2.17. The molecular formula is C16H17NO3S. The van der Waals surface area contributed by atoms with Crippen LogP contribution in [0.25, 0.3) is 0 Å². The SMILES string of the molecule is CN(C(=O)CCCc1cccs1)c1ccccc1C(=O)O. The number of amides is 1. The first-order chi connectivity index (χ1) is 10.1. The van der Waals surface area contributed by atoms with Crippen molar-refractivity contribution >= 4 is 28.9 Å².